The van der Waals surface area contributed by atoms with Gasteiger partial charge < -0.3 is 28.9 Å². The second kappa shape index (κ2) is 12.2. The largest absolute Gasteiger partial charge is 0.462 e. The number of benzene rings is 1. The second-order valence-electron chi connectivity index (χ2n) is 13.2. The van der Waals surface area contributed by atoms with E-state index in [0.717, 1.165) is 54.9 Å². The Morgan fingerprint density at radius 3 is 2.40 bits per heavy atom. The van der Waals surface area contributed by atoms with E-state index in [9.17, 15) is 9.59 Å². The Morgan fingerprint density at radius 2 is 1.72 bits per heavy atom. The zero-order chi connectivity index (χ0) is 30.1. The number of carbonyl (C=O) groups is 2. The summed E-state index contributed by atoms with van der Waals surface area (Å²) in [6.45, 7) is 9.74. The van der Waals surface area contributed by atoms with Crippen LogP contribution in [0.25, 0.3) is 0 Å². The van der Waals surface area contributed by atoms with Crippen molar-refractivity contribution in [3.63, 3.8) is 0 Å². The van der Waals surface area contributed by atoms with E-state index in [-0.39, 0.29) is 30.9 Å². The summed E-state index contributed by atoms with van der Waals surface area (Å²) in [4.78, 5) is 44.2. The second-order valence-corrected chi connectivity index (χ2v) is 13.2. The van der Waals surface area contributed by atoms with Crippen molar-refractivity contribution in [2.45, 2.75) is 89.8 Å². The number of anilines is 1. The van der Waals surface area contributed by atoms with Crippen molar-refractivity contribution in [2.75, 3.05) is 44.7 Å². The molecule has 11 nitrogen and oxygen atoms in total. The number of hydrogen-bond acceptors (Lipinski definition) is 9. The molecule has 0 saturated carbocycles. The molecule has 43 heavy (non-hydrogen) atoms. The molecule has 232 valence electrons. The molecule has 2 aromatic rings. The van der Waals surface area contributed by atoms with Crippen LogP contribution in [0.15, 0.2) is 30.3 Å². The van der Waals surface area contributed by atoms with E-state index in [4.69, 9.17) is 24.2 Å². The number of aromatic nitrogens is 2. The molecule has 0 N–H and O–H groups in total. The molecular formula is C32H44N6O5. The normalized spacial score (nSPS) is 23.7. The molecule has 3 saturated heterocycles. The molecule has 1 aromatic carbocycles. The number of likely N-dealkylation sites (tertiary alicyclic amines) is 1. The van der Waals surface area contributed by atoms with Crippen molar-refractivity contribution < 1.29 is 23.8 Å². The zero-order valence-electron chi connectivity index (χ0n) is 25.8. The average molecular weight is 593 g/mol. The lowest BCUT2D eigenvalue weighted by molar-refractivity contribution is 0.0122. The molecule has 2 bridgehead atoms. The molecule has 0 radical (unpaired) electrons. The number of ether oxygens (including phenoxy) is 3. The van der Waals surface area contributed by atoms with Crippen LogP contribution in [0.3, 0.4) is 0 Å². The number of fused-ring (bicyclic) bond motifs is 3. The third-order valence-electron chi connectivity index (χ3n) is 8.95. The van der Waals surface area contributed by atoms with E-state index in [0.29, 0.717) is 51.3 Å². The third-order valence-corrected chi connectivity index (χ3v) is 8.95. The Morgan fingerprint density at radius 1 is 0.977 bits per heavy atom. The maximum Gasteiger partial charge on any atom is 0.410 e. The number of rotatable bonds is 6. The van der Waals surface area contributed by atoms with Gasteiger partial charge in [0.25, 0.3) is 0 Å². The molecule has 0 aliphatic carbocycles. The fourth-order valence-corrected chi connectivity index (χ4v) is 6.73. The van der Waals surface area contributed by atoms with Gasteiger partial charge >= 0.3 is 18.2 Å². The summed E-state index contributed by atoms with van der Waals surface area (Å²) < 4.78 is 17.6. The van der Waals surface area contributed by atoms with Crippen LogP contribution in [0.4, 0.5) is 15.4 Å². The Hall–Kier alpha value is -3.60. The maximum absolute atomic E-state index is 13.1. The summed E-state index contributed by atoms with van der Waals surface area (Å²) in [5, 5.41) is 0. The van der Waals surface area contributed by atoms with Crippen molar-refractivity contribution in [1.29, 1.82) is 0 Å². The molecule has 4 aliphatic rings. The first kappa shape index (κ1) is 29.5. The van der Waals surface area contributed by atoms with Crippen LogP contribution in [-0.4, -0.2) is 100 Å². The molecule has 5 heterocycles. The van der Waals surface area contributed by atoms with Crippen molar-refractivity contribution in [3.05, 3.63) is 47.2 Å². The molecule has 0 spiro atoms. The van der Waals surface area contributed by atoms with Gasteiger partial charge in [0.05, 0.1) is 24.3 Å². The van der Waals surface area contributed by atoms with E-state index < -0.39 is 5.60 Å². The topological polar surface area (TPSA) is 101 Å². The van der Waals surface area contributed by atoms with Gasteiger partial charge in [-0.1, -0.05) is 30.3 Å². The molecule has 3 unspecified atom stereocenters. The van der Waals surface area contributed by atoms with E-state index in [1.165, 1.54) is 0 Å². The Labute approximate surface area is 254 Å². The highest BCUT2D eigenvalue weighted by Gasteiger charge is 2.45. The highest BCUT2D eigenvalue weighted by Crippen LogP contribution is 2.37. The van der Waals surface area contributed by atoms with Crippen LogP contribution in [0.5, 0.6) is 6.01 Å². The zero-order valence-corrected chi connectivity index (χ0v) is 25.8. The van der Waals surface area contributed by atoms with Crippen LogP contribution < -0.4 is 9.64 Å². The van der Waals surface area contributed by atoms with Crippen LogP contribution >= 0.6 is 0 Å². The number of piperazine rings is 1. The SMILES string of the molecule is CN1CCCC1COc1nc2c(c(N3CC4CCC(C3)N4C(=O)OC(C)(C)C)n1)CCN(C(=O)OCc1ccccc1)C2. The number of likely N-dealkylation sites (N-methyl/N-ethyl adjacent to an activating group) is 1. The number of carbonyl (C=O) groups excluding carboxylic acids is 2. The van der Waals surface area contributed by atoms with Gasteiger partial charge in [-0.15, -0.1) is 0 Å². The summed E-state index contributed by atoms with van der Waals surface area (Å²) in [6, 6.07) is 10.5. The quantitative estimate of drug-likeness (QED) is 0.488. The van der Waals surface area contributed by atoms with Crippen LogP contribution in [0, 0.1) is 0 Å². The van der Waals surface area contributed by atoms with Crippen molar-refractivity contribution in [1.82, 2.24) is 24.7 Å². The summed E-state index contributed by atoms with van der Waals surface area (Å²) in [6.07, 6.45) is 4.15. The van der Waals surface area contributed by atoms with Crippen molar-refractivity contribution in [2.24, 2.45) is 0 Å². The number of nitrogens with zero attached hydrogens (tertiary/aromatic N) is 6. The third kappa shape index (κ3) is 6.66. The average Bonchev–Trinajstić information content (AvgIpc) is 3.52. The van der Waals surface area contributed by atoms with Crippen LogP contribution in [0.1, 0.15) is 63.3 Å². The highest BCUT2D eigenvalue weighted by molar-refractivity contribution is 5.71. The van der Waals surface area contributed by atoms with Crippen molar-refractivity contribution in [3.8, 4) is 6.01 Å². The molecule has 3 atom stereocenters. The van der Waals surface area contributed by atoms with Crippen molar-refractivity contribution >= 4 is 18.0 Å². The molecule has 4 aliphatic heterocycles. The summed E-state index contributed by atoms with van der Waals surface area (Å²) in [7, 11) is 2.12. The monoisotopic (exact) mass is 592 g/mol. The molecule has 11 heteroatoms. The predicted octanol–water partition coefficient (Wildman–Crippen LogP) is 4.23. The molecule has 1 aromatic heterocycles. The van der Waals surface area contributed by atoms with Crippen LogP contribution in [0.2, 0.25) is 0 Å². The Bertz CT molecular complexity index is 1300. The highest BCUT2D eigenvalue weighted by atomic mass is 16.6. The molecule has 6 rings (SSSR count). The van der Waals surface area contributed by atoms with E-state index in [2.05, 4.69) is 16.8 Å². The molecular weight excluding hydrogens is 548 g/mol. The van der Waals surface area contributed by atoms with Gasteiger partial charge in [0.15, 0.2) is 0 Å². The fourth-order valence-electron chi connectivity index (χ4n) is 6.73. The minimum absolute atomic E-state index is 0.0591. The van der Waals surface area contributed by atoms with E-state index in [1.54, 1.807) is 4.90 Å². The van der Waals surface area contributed by atoms with E-state index >= 15 is 0 Å². The van der Waals surface area contributed by atoms with Gasteiger partial charge in [-0.25, -0.2) is 9.59 Å². The maximum atomic E-state index is 13.1. The lowest BCUT2D eigenvalue weighted by atomic mass is 10.0. The predicted molar refractivity (Wildman–Crippen MR) is 161 cm³/mol. The minimum atomic E-state index is -0.535. The summed E-state index contributed by atoms with van der Waals surface area (Å²) >= 11 is 0. The van der Waals surface area contributed by atoms with E-state index in [1.807, 2.05) is 56.0 Å². The van der Waals surface area contributed by atoms with Gasteiger partial charge in [-0.3, -0.25) is 4.90 Å². The lowest BCUT2D eigenvalue weighted by Gasteiger charge is -2.42. The first-order chi connectivity index (χ1) is 20.6. The van der Waals surface area contributed by atoms with Gasteiger partial charge in [0, 0.05) is 31.2 Å². The first-order valence-corrected chi connectivity index (χ1v) is 15.6. The van der Waals surface area contributed by atoms with Gasteiger partial charge in [-0.2, -0.15) is 9.97 Å². The number of amides is 2. The van der Waals surface area contributed by atoms with Gasteiger partial charge in [0.2, 0.25) is 0 Å². The fraction of sp³-hybridized carbons (Fsp3) is 0.625. The standard InChI is InChI=1S/C32H44N6O5/c1-32(2,3)43-31(40)38-23-12-13-24(38)18-37(17-23)28-26-14-16-36(30(39)42-20-22-9-6-5-7-10-22)19-27(26)33-29(34-28)41-21-25-11-8-15-35(25)4/h5-7,9-10,23-25H,8,11-21H2,1-4H3. The van der Waals surface area contributed by atoms with Gasteiger partial charge in [0.1, 0.15) is 24.6 Å². The van der Waals surface area contributed by atoms with Crippen LogP contribution in [-0.2, 0) is 29.0 Å². The molecule has 3 fully saturated rings. The van der Waals surface area contributed by atoms with Gasteiger partial charge in [-0.05, 0) is 72.0 Å². The number of hydrogen-bond donors (Lipinski definition) is 0. The lowest BCUT2D eigenvalue weighted by Crippen LogP contribution is -2.57. The Balaban J connectivity index is 1.21. The smallest absolute Gasteiger partial charge is 0.410 e. The molecule has 2 amide bonds. The Kier molecular flexibility index (Phi) is 8.35. The summed E-state index contributed by atoms with van der Waals surface area (Å²) in [5.74, 6) is 0.859. The minimum Gasteiger partial charge on any atom is -0.462 e. The summed E-state index contributed by atoms with van der Waals surface area (Å²) in [5.41, 5.74) is 2.26. The first-order valence-electron chi connectivity index (χ1n) is 15.6.